The summed E-state index contributed by atoms with van der Waals surface area (Å²) in [5.74, 6) is 1.27. The number of hydrogen-bond donors (Lipinski definition) is 0. The molecule has 1 heterocycles. The monoisotopic (exact) mass is 478 g/mol. The van der Waals surface area contributed by atoms with Crippen molar-refractivity contribution in [1.82, 2.24) is 4.90 Å². The fraction of sp³-hybridized carbons (Fsp3) is 0.758. The zero-order chi connectivity index (χ0) is 25.4. The van der Waals surface area contributed by atoms with Crippen molar-refractivity contribution in [3.05, 3.63) is 41.5 Å². The molecule has 0 bridgehead atoms. The fourth-order valence-corrected chi connectivity index (χ4v) is 8.25. The van der Waals surface area contributed by atoms with Gasteiger partial charge in [-0.05, 0) is 96.8 Å². The Bertz CT molecular complexity index is 868. The summed E-state index contributed by atoms with van der Waals surface area (Å²) < 4.78 is 0. The molecule has 0 aromatic heterocycles. The lowest BCUT2D eigenvalue weighted by Crippen LogP contribution is -2.47. The van der Waals surface area contributed by atoms with E-state index in [2.05, 4.69) is 83.0 Å². The van der Waals surface area contributed by atoms with Crippen LogP contribution in [0.2, 0.25) is 0 Å². The van der Waals surface area contributed by atoms with Crippen molar-refractivity contribution in [1.29, 1.82) is 0 Å². The standard InChI is InChI=1S/C33H54N2/c1-9-10-13-34-14-16-35(17-15-34)30-12-11-26(28-22-32(5,6)24-33(7,8)23-28)19-29(30)27-18-25(2)20-31(3,4)21-27/h11-12,19,27-28H,2,9-10,13-18,20-24H2,1,3-8H3. The van der Waals surface area contributed by atoms with E-state index in [9.17, 15) is 0 Å². The minimum Gasteiger partial charge on any atom is -0.369 e. The van der Waals surface area contributed by atoms with Crippen molar-refractivity contribution in [2.45, 2.75) is 112 Å². The summed E-state index contributed by atoms with van der Waals surface area (Å²) in [6, 6.07) is 7.69. The SMILES string of the molecule is C=C1CC(c2cc(C3CC(C)(C)CC(C)(C)C3)ccc2N2CCN(CCCC)CC2)CC(C)(C)C1. The zero-order valence-electron chi connectivity index (χ0n) is 24.2. The highest BCUT2D eigenvalue weighted by atomic mass is 15.3. The van der Waals surface area contributed by atoms with E-state index < -0.39 is 0 Å². The topological polar surface area (TPSA) is 6.48 Å². The maximum atomic E-state index is 4.50. The van der Waals surface area contributed by atoms with Gasteiger partial charge in [0.05, 0.1) is 0 Å². The predicted octanol–water partition coefficient (Wildman–Crippen LogP) is 8.78. The summed E-state index contributed by atoms with van der Waals surface area (Å²) in [4.78, 5) is 5.38. The number of anilines is 1. The molecule has 1 aliphatic heterocycles. The summed E-state index contributed by atoms with van der Waals surface area (Å²) in [5.41, 5.74) is 7.38. The number of benzene rings is 1. The molecule has 0 spiro atoms. The van der Waals surface area contributed by atoms with Gasteiger partial charge in [-0.2, -0.15) is 0 Å². The van der Waals surface area contributed by atoms with Crippen LogP contribution < -0.4 is 4.90 Å². The van der Waals surface area contributed by atoms with Gasteiger partial charge in [-0.25, -0.2) is 0 Å². The molecule has 1 unspecified atom stereocenters. The Morgan fingerprint density at radius 2 is 1.49 bits per heavy atom. The molecule has 2 saturated carbocycles. The highest BCUT2D eigenvalue weighted by molar-refractivity contribution is 5.58. The first kappa shape index (κ1) is 26.8. The van der Waals surface area contributed by atoms with Crippen LogP contribution in [0.1, 0.15) is 123 Å². The van der Waals surface area contributed by atoms with E-state index in [1.165, 1.54) is 75.8 Å². The van der Waals surface area contributed by atoms with Gasteiger partial charge in [-0.1, -0.05) is 79.2 Å². The second-order valence-corrected chi connectivity index (χ2v) is 14.8. The van der Waals surface area contributed by atoms with E-state index >= 15 is 0 Å². The molecule has 2 heteroatoms. The molecule has 35 heavy (non-hydrogen) atoms. The van der Waals surface area contributed by atoms with Gasteiger partial charge in [-0.3, -0.25) is 4.90 Å². The van der Waals surface area contributed by atoms with E-state index in [-0.39, 0.29) is 0 Å². The number of unbranched alkanes of at least 4 members (excludes halogenated alkanes) is 1. The number of nitrogens with zero attached hydrogens (tertiary/aromatic N) is 2. The second kappa shape index (κ2) is 10.2. The summed E-state index contributed by atoms with van der Waals surface area (Å²) in [5, 5.41) is 0. The van der Waals surface area contributed by atoms with Crippen molar-refractivity contribution in [3.8, 4) is 0 Å². The molecular formula is C33H54N2. The number of piperazine rings is 1. The lowest BCUT2D eigenvalue weighted by molar-refractivity contribution is 0.0969. The third-order valence-corrected chi connectivity index (χ3v) is 9.12. The highest BCUT2D eigenvalue weighted by Crippen LogP contribution is 2.53. The Labute approximate surface area is 217 Å². The van der Waals surface area contributed by atoms with Crippen LogP contribution in [0.15, 0.2) is 30.4 Å². The van der Waals surface area contributed by atoms with Crippen LogP contribution in [0, 0.1) is 16.2 Å². The molecule has 1 aromatic rings. The molecule has 0 N–H and O–H groups in total. The molecule has 2 nitrogen and oxygen atoms in total. The Kier molecular flexibility index (Phi) is 7.83. The van der Waals surface area contributed by atoms with Gasteiger partial charge in [0.15, 0.2) is 0 Å². The number of allylic oxidation sites excluding steroid dienone is 1. The van der Waals surface area contributed by atoms with E-state index in [4.69, 9.17) is 0 Å². The van der Waals surface area contributed by atoms with Crippen LogP contribution >= 0.6 is 0 Å². The summed E-state index contributed by atoms with van der Waals surface area (Å²) in [6.45, 7) is 27.7. The minimum absolute atomic E-state index is 0.348. The summed E-state index contributed by atoms with van der Waals surface area (Å²) in [6.07, 6.45) is 10.2. The molecule has 0 radical (unpaired) electrons. The largest absolute Gasteiger partial charge is 0.369 e. The lowest BCUT2D eigenvalue weighted by atomic mass is 9.60. The maximum absolute atomic E-state index is 4.50. The molecule has 2 aliphatic carbocycles. The van der Waals surface area contributed by atoms with Crippen LogP contribution in [-0.2, 0) is 0 Å². The average Bonchev–Trinajstić information content (AvgIpc) is 2.74. The van der Waals surface area contributed by atoms with Crippen molar-refractivity contribution in [2.24, 2.45) is 16.2 Å². The van der Waals surface area contributed by atoms with Gasteiger partial charge in [0.2, 0.25) is 0 Å². The molecule has 1 aromatic carbocycles. The third-order valence-electron chi connectivity index (χ3n) is 9.12. The Balaban J connectivity index is 1.64. The van der Waals surface area contributed by atoms with Crippen molar-refractivity contribution in [3.63, 3.8) is 0 Å². The third kappa shape index (κ3) is 6.73. The molecule has 0 amide bonds. The lowest BCUT2D eigenvalue weighted by Gasteiger charge is -2.46. The average molecular weight is 479 g/mol. The Morgan fingerprint density at radius 1 is 0.857 bits per heavy atom. The zero-order valence-corrected chi connectivity index (χ0v) is 24.2. The van der Waals surface area contributed by atoms with Crippen LogP contribution in [0.4, 0.5) is 5.69 Å². The van der Waals surface area contributed by atoms with Crippen molar-refractivity contribution in [2.75, 3.05) is 37.6 Å². The molecule has 3 aliphatic rings. The normalized spacial score (nSPS) is 27.2. The fourth-order valence-electron chi connectivity index (χ4n) is 8.25. The molecule has 3 fully saturated rings. The van der Waals surface area contributed by atoms with E-state index in [0.717, 1.165) is 19.5 Å². The molecule has 4 rings (SSSR count). The van der Waals surface area contributed by atoms with Gasteiger partial charge in [0.1, 0.15) is 0 Å². The van der Waals surface area contributed by atoms with E-state index in [1.54, 1.807) is 11.1 Å². The number of rotatable bonds is 6. The predicted molar refractivity (Wildman–Crippen MR) is 154 cm³/mol. The van der Waals surface area contributed by atoms with Crippen LogP contribution in [0.3, 0.4) is 0 Å². The number of hydrogen-bond acceptors (Lipinski definition) is 2. The Hall–Kier alpha value is -1.28. The van der Waals surface area contributed by atoms with Gasteiger partial charge in [0.25, 0.3) is 0 Å². The van der Waals surface area contributed by atoms with Crippen molar-refractivity contribution >= 4 is 5.69 Å². The minimum atomic E-state index is 0.348. The molecule has 1 atom stereocenters. The maximum Gasteiger partial charge on any atom is 0.0402 e. The van der Waals surface area contributed by atoms with Crippen LogP contribution in [0.5, 0.6) is 0 Å². The van der Waals surface area contributed by atoms with Crippen molar-refractivity contribution < 1.29 is 0 Å². The molecule has 1 saturated heterocycles. The van der Waals surface area contributed by atoms with Gasteiger partial charge in [0, 0.05) is 31.9 Å². The summed E-state index contributed by atoms with van der Waals surface area (Å²) in [7, 11) is 0. The first-order valence-electron chi connectivity index (χ1n) is 14.6. The van der Waals surface area contributed by atoms with Crippen LogP contribution in [-0.4, -0.2) is 37.6 Å². The smallest absolute Gasteiger partial charge is 0.0402 e. The first-order chi connectivity index (χ1) is 16.4. The van der Waals surface area contributed by atoms with Crippen LogP contribution in [0.25, 0.3) is 0 Å². The second-order valence-electron chi connectivity index (χ2n) is 14.8. The highest BCUT2D eigenvalue weighted by Gasteiger charge is 2.40. The first-order valence-corrected chi connectivity index (χ1v) is 14.6. The van der Waals surface area contributed by atoms with Gasteiger partial charge in [-0.15, -0.1) is 0 Å². The van der Waals surface area contributed by atoms with E-state index in [0.29, 0.717) is 28.1 Å². The molecular weight excluding hydrogens is 424 g/mol. The molecule has 196 valence electrons. The Morgan fingerprint density at radius 3 is 2.09 bits per heavy atom. The van der Waals surface area contributed by atoms with Gasteiger partial charge >= 0.3 is 0 Å². The summed E-state index contributed by atoms with van der Waals surface area (Å²) >= 11 is 0. The quantitative estimate of drug-likeness (QED) is 0.377. The van der Waals surface area contributed by atoms with E-state index in [1.807, 2.05) is 0 Å². The van der Waals surface area contributed by atoms with Gasteiger partial charge < -0.3 is 4.90 Å².